The van der Waals surface area contributed by atoms with E-state index in [0.29, 0.717) is 0 Å². The van der Waals surface area contributed by atoms with Gasteiger partial charge in [-0.25, -0.2) is 0 Å². The van der Waals surface area contributed by atoms with Crippen molar-refractivity contribution in [3.8, 4) is 11.5 Å². The number of hydrogen-bond acceptors (Lipinski definition) is 2. The first-order valence-corrected chi connectivity index (χ1v) is 11.4. The number of guanidine groups is 1. The summed E-state index contributed by atoms with van der Waals surface area (Å²) in [6.45, 7) is 8.32. The number of hydrogen-bond donors (Lipinski definition) is 0. The molecule has 29 heavy (non-hydrogen) atoms. The zero-order chi connectivity index (χ0) is 20.4. The van der Waals surface area contributed by atoms with Gasteiger partial charge in [-0.1, -0.05) is 0 Å². The fraction of sp³-hybridized carbons (Fsp3) is 0.208. The summed E-state index contributed by atoms with van der Waals surface area (Å²) in [5.74, 6) is 2.70. The molecule has 0 atom stereocenters. The van der Waals surface area contributed by atoms with Crippen LogP contribution >= 0.6 is 0 Å². The van der Waals surface area contributed by atoms with Gasteiger partial charge < -0.3 is 0 Å². The number of benzene rings is 3. The van der Waals surface area contributed by atoms with Gasteiger partial charge in [-0.2, -0.15) is 0 Å². The molecule has 0 unspecified atom stereocenters. The van der Waals surface area contributed by atoms with E-state index in [2.05, 4.69) is 54.8 Å². The molecule has 0 amide bonds. The molecule has 0 bridgehead atoms. The Kier molecular flexibility index (Phi) is 5.86. The number of anilines is 2. The molecule has 1 aliphatic heterocycles. The van der Waals surface area contributed by atoms with Gasteiger partial charge in [0, 0.05) is 0 Å². The van der Waals surface area contributed by atoms with E-state index in [1.807, 2.05) is 42.5 Å². The molecule has 5 heteroatoms. The van der Waals surface area contributed by atoms with Gasteiger partial charge in [0.05, 0.1) is 0 Å². The third-order valence-electron chi connectivity index (χ3n) is 5.16. The van der Waals surface area contributed by atoms with Crippen molar-refractivity contribution in [2.75, 3.05) is 22.9 Å². The van der Waals surface area contributed by atoms with Crippen LogP contribution in [0.2, 0.25) is 0 Å². The van der Waals surface area contributed by atoms with Gasteiger partial charge in [0.2, 0.25) is 0 Å². The zero-order valence-electron chi connectivity index (χ0n) is 17.0. The first kappa shape index (κ1) is 19.9. The van der Waals surface area contributed by atoms with Crippen LogP contribution in [-0.4, -0.2) is 19.0 Å². The molecule has 3 aromatic carbocycles. The van der Waals surface area contributed by atoms with Crippen LogP contribution in [0.3, 0.4) is 0 Å². The Morgan fingerprint density at radius 1 is 0.828 bits per heavy atom. The summed E-state index contributed by atoms with van der Waals surface area (Å²) in [7, 11) is 0. The maximum absolute atomic E-state index is 6.22. The Morgan fingerprint density at radius 2 is 1.45 bits per heavy atom. The molecule has 145 valence electrons. The number of aryl methyl sites for hydroxylation is 3. The molecule has 0 radical (unpaired) electrons. The molecule has 4 nitrogen and oxygen atoms in total. The minimum atomic E-state index is 0.743. The molecule has 0 aromatic heterocycles. The van der Waals surface area contributed by atoms with Crippen molar-refractivity contribution in [2.45, 2.75) is 20.8 Å². The summed E-state index contributed by atoms with van der Waals surface area (Å²) >= 11 is 0.743. The first-order valence-electron chi connectivity index (χ1n) is 9.78. The summed E-state index contributed by atoms with van der Waals surface area (Å²) in [5.41, 5.74) is 6.21. The number of rotatable bonds is 4. The Bertz CT molecular complexity index is 1030. The maximum atomic E-state index is 6.22. The van der Waals surface area contributed by atoms with Gasteiger partial charge >= 0.3 is 188 Å². The first-order chi connectivity index (χ1) is 14.1. The van der Waals surface area contributed by atoms with Crippen molar-refractivity contribution < 1.29 is 29.4 Å². The number of ether oxygens (including phenoxy) is 1. The normalized spacial score (nSPS) is 15.2. The van der Waals surface area contributed by atoms with Crippen LogP contribution in [0.15, 0.2) is 69.7 Å². The van der Waals surface area contributed by atoms with E-state index >= 15 is 0 Å². The second-order valence-corrected chi connectivity index (χ2v) is 8.15. The molecule has 3 aromatic rings. The summed E-state index contributed by atoms with van der Waals surface area (Å²) in [6, 6.07) is 22.7. The summed E-state index contributed by atoms with van der Waals surface area (Å²) in [6.07, 6.45) is 0. The molecule has 1 heterocycles. The zero-order valence-corrected chi connectivity index (χ0v) is 20.6. The van der Waals surface area contributed by atoms with Crippen molar-refractivity contribution in [3.05, 3.63) is 83.4 Å². The number of nitrogens with zero attached hydrogens (tertiary/aromatic N) is 3. The van der Waals surface area contributed by atoms with E-state index in [4.69, 9.17) is 7.72 Å². The molecule has 0 spiro atoms. The average molecular weight is 549 g/mol. The summed E-state index contributed by atoms with van der Waals surface area (Å²) < 4.78 is 11.0. The molecule has 1 fully saturated rings. The van der Waals surface area contributed by atoms with E-state index in [1.54, 1.807) is 0 Å². The summed E-state index contributed by atoms with van der Waals surface area (Å²) in [5, 5.41) is 0. The molecule has 4 rings (SSSR count). The topological polar surface area (TPSA) is 28.1 Å². The van der Waals surface area contributed by atoms with E-state index < -0.39 is 0 Å². The van der Waals surface area contributed by atoms with Crippen LogP contribution in [0, 0.1) is 20.8 Å². The Balaban J connectivity index is 1.70. The SMILES string of the molecule is Cc1cc(C)c(N2CCN(c3ccccc3Oc3ccccc3)C2=[N][Hf])c(C)c1. The Labute approximate surface area is 187 Å². The monoisotopic (exact) mass is 550 g/mol. The van der Waals surface area contributed by atoms with Crippen molar-refractivity contribution in [2.24, 2.45) is 2.98 Å². The average Bonchev–Trinajstić information content (AvgIpc) is 3.12. The Hall–Kier alpha value is -2.40. The Morgan fingerprint density at radius 3 is 2.14 bits per heavy atom. The minimum absolute atomic E-state index is 0.743. The molecule has 0 N–H and O–H groups in total. The predicted molar refractivity (Wildman–Crippen MR) is 116 cm³/mol. The van der Waals surface area contributed by atoms with Gasteiger partial charge in [0.25, 0.3) is 0 Å². The van der Waals surface area contributed by atoms with Crippen LogP contribution in [-0.2, 0) is 24.7 Å². The van der Waals surface area contributed by atoms with E-state index in [9.17, 15) is 0 Å². The van der Waals surface area contributed by atoms with E-state index in [-0.39, 0.29) is 0 Å². The standard InChI is InChI=1S/C24H24N3O.Hf/c1-17-15-18(2)23(19(3)16-17)27-14-13-26(24(27)25)21-11-7-8-12-22(21)28-20-9-5-4-6-10-20;/h4-12,15-16H,13-14H2,1-3H3;/q-1;+1. The molecular formula is C24H24HfN3O. The molecule has 0 saturated carbocycles. The molecular weight excluding hydrogens is 525 g/mol. The van der Waals surface area contributed by atoms with Crippen LogP contribution in [0.1, 0.15) is 16.7 Å². The fourth-order valence-electron chi connectivity index (χ4n) is 4.09. The summed E-state index contributed by atoms with van der Waals surface area (Å²) in [4.78, 5) is 4.64. The van der Waals surface area contributed by atoms with Gasteiger partial charge in [-0.05, 0) is 0 Å². The van der Waals surface area contributed by atoms with Crippen molar-refractivity contribution >= 4 is 17.3 Å². The fourth-order valence-corrected chi connectivity index (χ4v) is 4.95. The third kappa shape index (κ3) is 4.01. The third-order valence-corrected chi connectivity index (χ3v) is 5.88. The van der Waals surface area contributed by atoms with Crippen molar-refractivity contribution in [3.63, 3.8) is 0 Å². The quantitative estimate of drug-likeness (QED) is 0.400. The molecule has 1 saturated heterocycles. The molecule has 0 aliphatic carbocycles. The van der Waals surface area contributed by atoms with E-state index in [1.165, 1.54) is 22.4 Å². The van der Waals surface area contributed by atoms with Gasteiger partial charge in [-0.3, -0.25) is 0 Å². The van der Waals surface area contributed by atoms with Crippen LogP contribution in [0.4, 0.5) is 11.4 Å². The molecule has 1 aliphatic rings. The van der Waals surface area contributed by atoms with E-state index in [0.717, 1.165) is 60.9 Å². The van der Waals surface area contributed by atoms with Crippen molar-refractivity contribution in [1.82, 2.24) is 0 Å². The number of para-hydroxylation sites is 3. The van der Waals surface area contributed by atoms with Crippen LogP contribution in [0.25, 0.3) is 0 Å². The van der Waals surface area contributed by atoms with Crippen LogP contribution in [0.5, 0.6) is 11.5 Å². The predicted octanol–water partition coefficient (Wildman–Crippen LogP) is 5.55. The van der Waals surface area contributed by atoms with Gasteiger partial charge in [-0.15, -0.1) is 0 Å². The second-order valence-electron chi connectivity index (χ2n) is 7.35. The second kappa shape index (κ2) is 8.54. The van der Waals surface area contributed by atoms with Gasteiger partial charge in [0.15, 0.2) is 0 Å². The van der Waals surface area contributed by atoms with Crippen LogP contribution < -0.4 is 14.5 Å². The van der Waals surface area contributed by atoms with Gasteiger partial charge in [0.1, 0.15) is 0 Å². The van der Waals surface area contributed by atoms with Crippen molar-refractivity contribution in [1.29, 1.82) is 0 Å².